The van der Waals surface area contributed by atoms with Crippen LogP contribution < -0.4 is 4.74 Å². The van der Waals surface area contributed by atoms with Crippen LogP contribution in [0.15, 0.2) is 24.3 Å². The highest BCUT2D eigenvalue weighted by molar-refractivity contribution is 8.01. The molecule has 2 unspecified atom stereocenters. The monoisotopic (exact) mass is 291 g/mol. The molecule has 2 atom stereocenters. The summed E-state index contributed by atoms with van der Waals surface area (Å²) in [4.78, 5) is 14.4. The number of nitrogens with zero attached hydrogens (tertiary/aromatic N) is 1. The summed E-state index contributed by atoms with van der Waals surface area (Å²) < 4.78 is 5.48. The van der Waals surface area contributed by atoms with Gasteiger partial charge in [0.05, 0.1) is 11.9 Å². The smallest absolute Gasteiger partial charge is 0.236 e. The van der Waals surface area contributed by atoms with Gasteiger partial charge in [-0.05, 0) is 50.3 Å². The molecule has 0 spiro atoms. The van der Waals surface area contributed by atoms with Gasteiger partial charge in [-0.2, -0.15) is 0 Å². The Morgan fingerprint density at radius 3 is 2.60 bits per heavy atom. The second-order valence-electron chi connectivity index (χ2n) is 5.57. The minimum Gasteiger partial charge on any atom is -0.494 e. The molecule has 2 aliphatic rings. The molecular weight excluding hydrogens is 270 g/mol. The summed E-state index contributed by atoms with van der Waals surface area (Å²) in [7, 11) is 0. The van der Waals surface area contributed by atoms with Gasteiger partial charge in [0, 0.05) is 6.54 Å². The fourth-order valence-corrected chi connectivity index (χ4v) is 3.88. The number of amides is 1. The molecule has 0 bridgehead atoms. The van der Waals surface area contributed by atoms with E-state index in [9.17, 15) is 4.79 Å². The summed E-state index contributed by atoms with van der Waals surface area (Å²) in [5, 5.41) is 0.249. The van der Waals surface area contributed by atoms with E-state index in [2.05, 4.69) is 17.0 Å². The number of carbonyl (C=O) groups is 1. The predicted molar refractivity (Wildman–Crippen MR) is 81.8 cm³/mol. The molecule has 0 aromatic heterocycles. The van der Waals surface area contributed by atoms with Gasteiger partial charge in [0.25, 0.3) is 0 Å². The molecule has 1 aliphatic heterocycles. The fraction of sp³-hybridized carbons (Fsp3) is 0.562. The number of rotatable bonds is 5. The van der Waals surface area contributed by atoms with Crippen molar-refractivity contribution in [2.75, 3.05) is 13.2 Å². The second kappa shape index (κ2) is 5.68. The van der Waals surface area contributed by atoms with E-state index in [1.54, 1.807) is 11.8 Å². The molecule has 3 nitrogen and oxygen atoms in total. The van der Waals surface area contributed by atoms with Gasteiger partial charge < -0.3 is 9.64 Å². The molecule has 1 aromatic carbocycles. The lowest BCUT2D eigenvalue weighted by Crippen LogP contribution is -2.32. The van der Waals surface area contributed by atoms with Crippen LogP contribution in [-0.4, -0.2) is 29.2 Å². The molecule has 4 heteroatoms. The van der Waals surface area contributed by atoms with Crippen LogP contribution in [-0.2, 0) is 4.79 Å². The Morgan fingerprint density at radius 2 is 2.00 bits per heavy atom. The third kappa shape index (κ3) is 2.80. The van der Waals surface area contributed by atoms with Crippen LogP contribution in [0.1, 0.15) is 37.6 Å². The van der Waals surface area contributed by atoms with E-state index in [1.165, 1.54) is 18.4 Å². The first-order valence-electron chi connectivity index (χ1n) is 7.37. The molecule has 108 valence electrons. The first-order chi connectivity index (χ1) is 9.69. The highest BCUT2D eigenvalue weighted by atomic mass is 32.2. The molecule has 3 rings (SSSR count). The molecule has 0 N–H and O–H groups in total. The van der Waals surface area contributed by atoms with Crippen LogP contribution in [0.3, 0.4) is 0 Å². The van der Waals surface area contributed by atoms with E-state index in [0.717, 1.165) is 18.2 Å². The number of ether oxygens (including phenoxy) is 1. The lowest BCUT2D eigenvalue weighted by atomic mass is 10.2. The quantitative estimate of drug-likeness (QED) is 0.832. The Bertz CT molecular complexity index is 484. The fourth-order valence-electron chi connectivity index (χ4n) is 2.59. The summed E-state index contributed by atoms with van der Waals surface area (Å²) in [5.74, 6) is 1.92. The zero-order valence-corrected chi connectivity index (χ0v) is 12.9. The highest BCUT2D eigenvalue weighted by Crippen LogP contribution is 2.45. The Kier molecular flexibility index (Phi) is 3.92. The van der Waals surface area contributed by atoms with Gasteiger partial charge in [-0.15, -0.1) is 11.8 Å². The van der Waals surface area contributed by atoms with E-state index >= 15 is 0 Å². The molecule has 1 saturated heterocycles. The van der Waals surface area contributed by atoms with Gasteiger partial charge in [0.15, 0.2) is 0 Å². The van der Waals surface area contributed by atoms with Crippen molar-refractivity contribution in [2.45, 2.75) is 37.3 Å². The maximum absolute atomic E-state index is 12.3. The highest BCUT2D eigenvalue weighted by Gasteiger charge is 2.40. The summed E-state index contributed by atoms with van der Waals surface area (Å²) in [6.45, 7) is 5.61. The molecule has 1 heterocycles. The Balaban J connectivity index is 1.77. The van der Waals surface area contributed by atoms with Crippen molar-refractivity contribution in [1.82, 2.24) is 4.90 Å². The van der Waals surface area contributed by atoms with Gasteiger partial charge in [-0.25, -0.2) is 0 Å². The summed E-state index contributed by atoms with van der Waals surface area (Å²) >= 11 is 1.76. The van der Waals surface area contributed by atoms with E-state index < -0.39 is 0 Å². The number of hydrogen-bond donors (Lipinski definition) is 0. The van der Waals surface area contributed by atoms with Crippen LogP contribution in [0.5, 0.6) is 5.75 Å². The van der Waals surface area contributed by atoms with E-state index in [0.29, 0.717) is 12.5 Å². The third-order valence-electron chi connectivity index (χ3n) is 3.88. The van der Waals surface area contributed by atoms with Crippen LogP contribution in [0.4, 0.5) is 0 Å². The molecule has 20 heavy (non-hydrogen) atoms. The minimum absolute atomic E-state index is 0.0744. The van der Waals surface area contributed by atoms with Crippen LogP contribution >= 0.6 is 11.8 Å². The second-order valence-corrected chi connectivity index (χ2v) is 6.99. The standard InChI is InChI=1S/C16H21NO2S/c1-3-19-14-8-6-13(7-9-14)16-17(10-12-4-5-12)15(18)11(2)20-16/h6-9,11-12,16H,3-5,10H2,1-2H3. The maximum atomic E-state index is 12.3. The zero-order valence-electron chi connectivity index (χ0n) is 12.0. The van der Waals surface area contributed by atoms with Crippen molar-refractivity contribution < 1.29 is 9.53 Å². The summed E-state index contributed by atoms with van der Waals surface area (Å²) in [6, 6.07) is 8.19. The number of benzene rings is 1. The summed E-state index contributed by atoms with van der Waals surface area (Å²) in [5.41, 5.74) is 1.21. The molecule has 0 radical (unpaired) electrons. The Morgan fingerprint density at radius 1 is 1.30 bits per heavy atom. The Hall–Kier alpha value is -1.16. The molecule has 1 saturated carbocycles. The molecular formula is C16H21NO2S. The maximum Gasteiger partial charge on any atom is 0.236 e. The van der Waals surface area contributed by atoms with Gasteiger partial charge in [-0.3, -0.25) is 4.79 Å². The average Bonchev–Trinajstić information content (AvgIpc) is 3.22. The van der Waals surface area contributed by atoms with Crippen molar-refractivity contribution in [2.24, 2.45) is 5.92 Å². The topological polar surface area (TPSA) is 29.5 Å². The van der Waals surface area contributed by atoms with E-state index in [4.69, 9.17) is 4.74 Å². The summed E-state index contributed by atoms with van der Waals surface area (Å²) in [6.07, 6.45) is 2.55. The minimum atomic E-state index is 0.0744. The van der Waals surface area contributed by atoms with Crippen molar-refractivity contribution in [3.05, 3.63) is 29.8 Å². The van der Waals surface area contributed by atoms with Crippen molar-refractivity contribution in [3.63, 3.8) is 0 Å². The van der Waals surface area contributed by atoms with Gasteiger partial charge in [-0.1, -0.05) is 12.1 Å². The average molecular weight is 291 g/mol. The largest absolute Gasteiger partial charge is 0.494 e. The molecule has 1 aromatic rings. The third-order valence-corrected chi connectivity index (χ3v) is 5.27. The van der Waals surface area contributed by atoms with Crippen molar-refractivity contribution in [3.8, 4) is 5.75 Å². The SMILES string of the molecule is CCOc1ccc(C2SC(C)C(=O)N2CC2CC2)cc1. The van der Waals surface area contributed by atoms with Gasteiger partial charge in [0.1, 0.15) is 11.1 Å². The lowest BCUT2D eigenvalue weighted by molar-refractivity contribution is -0.130. The number of hydrogen-bond acceptors (Lipinski definition) is 3. The van der Waals surface area contributed by atoms with Crippen LogP contribution in [0, 0.1) is 5.92 Å². The van der Waals surface area contributed by atoms with Gasteiger partial charge >= 0.3 is 0 Å². The normalized spacial score (nSPS) is 26.1. The molecule has 2 fully saturated rings. The number of thioether (sulfide) groups is 1. The zero-order chi connectivity index (χ0) is 14.1. The van der Waals surface area contributed by atoms with Crippen molar-refractivity contribution in [1.29, 1.82) is 0 Å². The number of carbonyl (C=O) groups excluding carboxylic acids is 1. The Labute approximate surface area is 124 Å². The molecule has 1 aliphatic carbocycles. The van der Waals surface area contributed by atoms with Crippen LogP contribution in [0.25, 0.3) is 0 Å². The molecule has 1 amide bonds. The van der Waals surface area contributed by atoms with E-state index in [1.807, 2.05) is 26.0 Å². The van der Waals surface area contributed by atoms with Gasteiger partial charge in [0.2, 0.25) is 5.91 Å². The van der Waals surface area contributed by atoms with Crippen LogP contribution in [0.2, 0.25) is 0 Å². The first-order valence-corrected chi connectivity index (χ1v) is 8.32. The van der Waals surface area contributed by atoms with E-state index in [-0.39, 0.29) is 10.6 Å². The first kappa shape index (κ1) is 13.8. The van der Waals surface area contributed by atoms with Crippen molar-refractivity contribution >= 4 is 17.7 Å². The lowest BCUT2D eigenvalue weighted by Gasteiger charge is -2.24. The predicted octanol–water partition coefficient (Wildman–Crippen LogP) is 3.46.